The second kappa shape index (κ2) is 5.12. The number of para-hydroxylation sites is 1. The molecule has 0 saturated carbocycles. The van der Waals surface area contributed by atoms with Gasteiger partial charge in [0.1, 0.15) is 12.4 Å². The number of pyridine rings is 1. The predicted octanol–water partition coefficient (Wildman–Crippen LogP) is 2.60. The number of aromatic amines is 1. The van der Waals surface area contributed by atoms with E-state index < -0.39 is 0 Å². The molecule has 0 aliphatic carbocycles. The Morgan fingerprint density at radius 3 is 2.89 bits per heavy atom. The number of benzene rings is 1. The van der Waals surface area contributed by atoms with Gasteiger partial charge in [-0.2, -0.15) is 0 Å². The first kappa shape index (κ1) is 11.7. The van der Waals surface area contributed by atoms with E-state index in [2.05, 4.69) is 16.0 Å². The lowest BCUT2D eigenvalue weighted by molar-refractivity contribution is 0.306. The zero-order valence-electron chi connectivity index (χ0n) is 10.5. The molecular weight excluding hydrogens is 238 g/mol. The van der Waals surface area contributed by atoms with Gasteiger partial charge in [0.25, 0.3) is 0 Å². The Morgan fingerprint density at radius 2 is 2.11 bits per heavy atom. The van der Waals surface area contributed by atoms with E-state index in [1.807, 2.05) is 30.5 Å². The van der Waals surface area contributed by atoms with Crippen molar-refractivity contribution in [3.8, 4) is 5.75 Å². The summed E-state index contributed by atoms with van der Waals surface area (Å²) in [7, 11) is 0. The van der Waals surface area contributed by atoms with Gasteiger partial charge in [0, 0.05) is 29.9 Å². The summed E-state index contributed by atoms with van der Waals surface area (Å²) in [6.07, 6.45) is 5.41. The van der Waals surface area contributed by atoms with Gasteiger partial charge in [-0.15, -0.1) is 0 Å². The van der Waals surface area contributed by atoms with Crippen LogP contribution in [0.15, 0.2) is 48.9 Å². The highest BCUT2D eigenvalue weighted by Crippen LogP contribution is 2.22. The molecule has 3 aromatic rings. The van der Waals surface area contributed by atoms with E-state index in [1.54, 1.807) is 12.4 Å². The fourth-order valence-corrected chi connectivity index (χ4v) is 2.16. The number of nitrogens with two attached hydrogens (primary N) is 1. The number of hydrogen-bond donors (Lipinski definition) is 2. The van der Waals surface area contributed by atoms with Crippen LogP contribution in [-0.2, 0) is 13.2 Å². The lowest BCUT2D eigenvalue weighted by Crippen LogP contribution is -1.97. The van der Waals surface area contributed by atoms with Crippen LogP contribution in [0.25, 0.3) is 10.9 Å². The van der Waals surface area contributed by atoms with Crippen molar-refractivity contribution in [2.75, 3.05) is 0 Å². The summed E-state index contributed by atoms with van der Waals surface area (Å²) in [6, 6.07) is 9.88. The molecular formula is C15H15N3O. The Balaban J connectivity index is 1.86. The molecule has 0 aliphatic heterocycles. The standard InChI is InChI=1S/C15H15N3O/c16-7-11-3-1-5-14-12(8-18-15(11)14)10-19-13-4-2-6-17-9-13/h1-6,8-9,18H,7,10,16H2. The van der Waals surface area contributed by atoms with E-state index in [4.69, 9.17) is 10.5 Å². The Hall–Kier alpha value is -2.33. The molecule has 0 amide bonds. The van der Waals surface area contributed by atoms with Crippen LogP contribution in [0.1, 0.15) is 11.1 Å². The summed E-state index contributed by atoms with van der Waals surface area (Å²) < 4.78 is 5.72. The third kappa shape index (κ3) is 2.30. The van der Waals surface area contributed by atoms with Crippen LogP contribution in [0.5, 0.6) is 5.75 Å². The fourth-order valence-electron chi connectivity index (χ4n) is 2.16. The van der Waals surface area contributed by atoms with E-state index in [9.17, 15) is 0 Å². The van der Waals surface area contributed by atoms with Crippen molar-refractivity contribution in [3.05, 3.63) is 60.0 Å². The zero-order valence-corrected chi connectivity index (χ0v) is 10.5. The molecule has 0 spiro atoms. The molecule has 2 heterocycles. The van der Waals surface area contributed by atoms with Crippen molar-refractivity contribution in [2.24, 2.45) is 5.73 Å². The molecule has 0 unspecified atom stereocenters. The summed E-state index contributed by atoms with van der Waals surface area (Å²) in [6.45, 7) is 1.04. The molecule has 0 bridgehead atoms. The molecule has 0 aliphatic rings. The molecule has 2 aromatic heterocycles. The zero-order chi connectivity index (χ0) is 13.1. The SMILES string of the molecule is NCc1cccc2c(COc3cccnc3)c[nH]c12. The van der Waals surface area contributed by atoms with E-state index in [1.165, 1.54) is 0 Å². The van der Waals surface area contributed by atoms with Gasteiger partial charge in [-0.25, -0.2) is 0 Å². The summed E-state index contributed by atoms with van der Waals surface area (Å²) in [4.78, 5) is 7.29. The summed E-state index contributed by atoms with van der Waals surface area (Å²) >= 11 is 0. The van der Waals surface area contributed by atoms with Crippen LogP contribution in [0.2, 0.25) is 0 Å². The van der Waals surface area contributed by atoms with Crippen LogP contribution in [0.4, 0.5) is 0 Å². The van der Waals surface area contributed by atoms with Crippen LogP contribution < -0.4 is 10.5 Å². The third-order valence-corrected chi connectivity index (χ3v) is 3.14. The largest absolute Gasteiger partial charge is 0.487 e. The van der Waals surface area contributed by atoms with Crippen molar-refractivity contribution in [3.63, 3.8) is 0 Å². The molecule has 3 rings (SSSR count). The number of hydrogen-bond acceptors (Lipinski definition) is 3. The van der Waals surface area contributed by atoms with E-state index in [0.717, 1.165) is 27.8 Å². The highest BCUT2D eigenvalue weighted by atomic mass is 16.5. The maximum Gasteiger partial charge on any atom is 0.138 e. The van der Waals surface area contributed by atoms with Gasteiger partial charge in [-0.1, -0.05) is 18.2 Å². The van der Waals surface area contributed by atoms with Crippen molar-refractivity contribution in [2.45, 2.75) is 13.2 Å². The Morgan fingerprint density at radius 1 is 1.16 bits per heavy atom. The van der Waals surface area contributed by atoms with E-state index in [0.29, 0.717) is 13.2 Å². The summed E-state index contributed by atoms with van der Waals surface area (Å²) in [5, 5.41) is 1.16. The number of aromatic nitrogens is 2. The lowest BCUT2D eigenvalue weighted by atomic mass is 10.1. The molecule has 1 aromatic carbocycles. The lowest BCUT2D eigenvalue weighted by Gasteiger charge is -2.05. The Labute approximate surface area is 111 Å². The Kier molecular flexibility index (Phi) is 3.16. The summed E-state index contributed by atoms with van der Waals surface area (Å²) in [5.74, 6) is 0.770. The first-order valence-electron chi connectivity index (χ1n) is 6.19. The Bertz CT molecular complexity index is 676. The molecule has 96 valence electrons. The maximum atomic E-state index is 5.73. The molecule has 4 heteroatoms. The first-order valence-corrected chi connectivity index (χ1v) is 6.19. The maximum absolute atomic E-state index is 5.73. The molecule has 0 fully saturated rings. The first-order chi connectivity index (χ1) is 9.38. The number of nitrogens with zero attached hydrogens (tertiary/aromatic N) is 1. The van der Waals surface area contributed by atoms with Crippen molar-refractivity contribution in [1.29, 1.82) is 0 Å². The minimum atomic E-state index is 0.514. The van der Waals surface area contributed by atoms with Crippen LogP contribution >= 0.6 is 0 Å². The fraction of sp³-hybridized carbons (Fsp3) is 0.133. The predicted molar refractivity (Wildman–Crippen MR) is 74.8 cm³/mol. The van der Waals surface area contributed by atoms with Gasteiger partial charge in [-0.3, -0.25) is 4.98 Å². The van der Waals surface area contributed by atoms with Crippen molar-refractivity contribution >= 4 is 10.9 Å². The topological polar surface area (TPSA) is 63.9 Å². The highest BCUT2D eigenvalue weighted by molar-refractivity contribution is 5.85. The molecule has 0 saturated heterocycles. The second-order valence-corrected chi connectivity index (χ2v) is 4.34. The number of nitrogens with one attached hydrogen (secondary N) is 1. The van der Waals surface area contributed by atoms with Gasteiger partial charge in [-0.05, 0) is 17.7 Å². The van der Waals surface area contributed by atoms with Crippen LogP contribution in [0, 0.1) is 0 Å². The number of ether oxygens (including phenoxy) is 1. The number of fused-ring (bicyclic) bond motifs is 1. The minimum Gasteiger partial charge on any atom is -0.487 e. The smallest absolute Gasteiger partial charge is 0.138 e. The van der Waals surface area contributed by atoms with Gasteiger partial charge in [0.15, 0.2) is 0 Å². The second-order valence-electron chi connectivity index (χ2n) is 4.34. The van der Waals surface area contributed by atoms with Gasteiger partial charge >= 0.3 is 0 Å². The van der Waals surface area contributed by atoms with Crippen LogP contribution in [0.3, 0.4) is 0 Å². The molecule has 0 atom stereocenters. The quantitative estimate of drug-likeness (QED) is 0.751. The summed E-state index contributed by atoms with van der Waals surface area (Å²) in [5.41, 5.74) is 9.06. The number of H-pyrrole nitrogens is 1. The monoisotopic (exact) mass is 253 g/mol. The average Bonchev–Trinajstić information content (AvgIpc) is 2.89. The molecule has 3 N–H and O–H groups in total. The molecule has 4 nitrogen and oxygen atoms in total. The third-order valence-electron chi connectivity index (χ3n) is 3.14. The molecule has 19 heavy (non-hydrogen) atoms. The minimum absolute atomic E-state index is 0.514. The van der Waals surface area contributed by atoms with Crippen LogP contribution in [-0.4, -0.2) is 9.97 Å². The van der Waals surface area contributed by atoms with Crippen molar-refractivity contribution < 1.29 is 4.74 Å². The van der Waals surface area contributed by atoms with Gasteiger partial charge < -0.3 is 15.5 Å². The van der Waals surface area contributed by atoms with E-state index >= 15 is 0 Å². The number of rotatable bonds is 4. The van der Waals surface area contributed by atoms with E-state index in [-0.39, 0.29) is 0 Å². The average molecular weight is 253 g/mol. The highest BCUT2D eigenvalue weighted by Gasteiger charge is 2.07. The van der Waals surface area contributed by atoms with Gasteiger partial charge in [0.05, 0.1) is 11.7 Å². The van der Waals surface area contributed by atoms with Crippen molar-refractivity contribution in [1.82, 2.24) is 9.97 Å². The molecule has 0 radical (unpaired) electrons. The normalized spacial score (nSPS) is 10.8. The van der Waals surface area contributed by atoms with Gasteiger partial charge in [0.2, 0.25) is 0 Å².